The number of carbonyl (C=O) groups excluding carboxylic acids is 2. The van der Waals surface area contributed by atoms with Crippen molar-refractivity contribution >= 4 is 58.1 Å². The Hall–Kier alpha value is -8.94. The third-order valence-corrected chi connectivity index (χ3v) is 13.2. The molecule has 6 aromatic carbocycles. The molecule has 9 aromatic rings. The van der Waals surface area contributed by atoms with Gasteiger partial charge in [0.15, 0.2) is 5.78 Å². The molecule has 338 valence electrons. The Morgan fingerprint density at radius 2 is 0.800 bits per heavy atom. The minimum absolute atomic E-state index is 0.102. The molecule has 0 fully saturated rings. The van der Waals surface area contributed by atoms with Crippen LogP contribution in [0.15, 0.2) is 176 Å². The van der Waals surface area contributed by atoms with Crippen LogP contribution in [0.5, 0.6) is 5.75 Å². The van der Waals surface area contributed by atoms with E-state index in [1.54, 1.807) is 37.3 Å². The van der Waals surface area contributed by atoms with E-state index in [0.29, 0.717) is 22.4 Å². The molecule has 2 N–H and O–H groups in total. The number of ether oxygens (including phenoxy) is 1. The molecule has 7 heteroatoms. The van der Waals surface area contributed by atoms with Crippen molar-refractivity contribution in [3.8, 4) is 50.3 Å². The van der Waals surface area contributed by atoms with E-state index in [9.17, 15) is 9.59 Å². The first-order chi connectivity index (χ1) is 34.1. The van der Waals surface area contributed by atoms with Crippen LogP contribution in [0.2, 0.25) is 0 Å². The predicted molar refractivity (Wildman–Crippen MR) is 285 cm³/mol. The number of hydrogen-bond donors (Lipinski definition) is 2. The Bertz CT molecular complexity index is 3690. The van der Waals surface area contributed by atoms with Crippen LogP contribution in [0.1, 0.15) is 73.8 Å². The number of nitrogens with zero attached hydrogens (tertiary/aromatic N) is 2. The summed E-state index contributed by atoms with van der Waals surface area (Å²) in [6.45, 7) is 8.09. The number of aromatic nitrogens is 4. The first-order valence-corrected chi connectivity index (χ1v) is 23.5. The largest absolute Gasteiger partial charge is 0.426 e. The molecular formula is C63H48N4O3. The first kappa shape index (κ1) is 43.6. The number of carbonyl (C=O) groups is 2. The van der Waals surface area contributed by atoms with Gasteiger partial charge in [-0.15, -0.1) is 0 Å². The topological polar surface area (TPSA) is 101 Å². The fourth-order valence-corrected chi connectivity index (χ4v) is 9.32. The van der Waals surface area contributed by atoms with Crippen molar-refractivity contribution in [3.05, 3.63) is 232 Å². The molecule has 2 aliphatic rings. The normalized spacial score (nSPS) is 12.2. The van der Waals surface area contributed by atoms with Crippen LogP contribution < -0.4 is 4.74 Å². The lowest BCUT2D eigenvalue weighted by Crippen LogP contribution is -2.16. The highest BCUT2D eigenvalue weighted by atomic mass is 16.5. The van der Waals surface area contributed by atoms with E-state index in [1.807, 2.05) is 48.5 Å². The molecule has 7 nitrogen and oxygen atoms in total. The molecule has 0 spiro atoms. The summed E-state index contributed by atoms with van der Waals surface area (Å²) in [4.78, 5) is 45.5. The maximum Gasteiger partial charge on any atom is 0.318 e. The third kappa shape index (κ3) is 8.50. The molecule has 0 radical (unpaired) electrons. The number of esters is 1. The average Bonchev–Trinajstić information content (AvgIpc) is 4.25. The number of aromatic amines is 2. The lowest BCUT2D eigenvalue weighted by atomic mass is 9.96. The van der Waals surface area contributed by atoms with Crippen LogP contribution in [0, 0.1) is 20.8 Å². The van der Waals surface area contributed by atoms with E-state index in [1.165, 1.54) is 16.7 Å². The molecule has 2 aliphatic heterocycles. The molecule has 1 atom stereocenters. The quantitative estimate of drug-likeness (QED) is 0.0853. The van der Waals surface area contributed by atoms with E-state index in [0.717, 1.165) is 89.4 Å². The van der Waals surface area contributed by atoms with E-state index in [-0.39, 0.29) is 5.78 Å². The zero-order valence-corrected chi connectivity index (χ0v) is 39.2. The standard InChI is InChI=1S/C63H48N4O3/c1-38-13-19-42(20-14-38)58-50-29-31-52(64-50)59(43-21-15-39(2)16-22-43)54-33-35-56(66-54)61(57-36-34-55(67-57)60(53-32-30-51(58)65-53)44-23-17-40(3)18-24-44)45-25-27-49(28-26-45)70-63(69)41(4)47-11-8-12-48(37-47)62(68)46-9-6-5-7-10-46/h5-37,41,64,67H,1-4H3/t41-/m1/s1. The van der Waals surface area contributed by atoms with Crippen LogP contribution in [0.4, 0.5) is 0 Å². The minimum atomic E-state index is -0.622. The summed E-state index contributed by atoms with van der Waals surface area (Å²) in [5, 5.41) is 0. The van der Waals surface area contributed by atoms with E-state index in [4.69, 9.17) is 14.7 Å². The van der Waals surface area contributed by atoms with Crippen molar-refractivity contribution in [2.75, 3.05) is 0 Å². The van der Waals surface area contributed by atoms with Crippen molar-refractivity contribution in [1.82, 2.24) is 19.9 Å². The molecule has 8 bridgehead atoms. The van der Waals surface area contributed by atoms with Gasteiger partial charge in [0.25, 0.3) is 0 Å². The van der Waals surface area contributed by atoms with Crippen LogP contribution in [0.25, 0.3) is 90.9 Å². The van der Waals surface area contributed by atoms with Gasteiger partial charge in [-0.1, -0.05) is 150 Å². The Labute approximate surface area is 406 Å². The molecule has 11 rings (SSSR count). The van der Waals surface area contributed by atoms with Crippen molar-refractivity contribution in [1.29, 1.82) is 0 Å². The number of nitrogens with one attached hydrogen (secondary N) is 2. The van der Waals surface area contributed by atoms with Crippen molar-refractivity contribution < 1.29 is 14.3 Å². The second kappa shape index (κ2) is 18.3. The predicted octanol–water partition coefficient (Wildman–Crippen LogP) is 15.2. The second-order valence-electron chi connectivity index (χ2n) is 18.1. The summed E-state index contributed by atoms with van der Waals surface area (Å²) in [5.74, 6) is -0.745. The fourth-order valence-electron chi connectivity index (χ4n) is 9.32. The molecule has 5 heterocycles. The van der Waals surface area contributed by atoms with Crippen LogP contribution >= 0.6 is 0 Å². The summed E-state index contributed by atoms with van der Waals surface area (Å²) < 4.78 is 6.01. The van der Waals surface area contributed by atoms with Gasteiger partial charge < -0.3 is 14.7 Å². The molecule has 0 amide bonds. The Balaban J connectivity index is 1.07. The third-order valence-electron chi connectivity index (χ3n) is 13.2. The maximum atomic E-state index is 13.7. The van der Waals surface area contributed by atoms with Gasteiger partial charge in [-0.2, -0.15) is 0 Å². The van der Waals surface area contributed by atoms with Crippen LogP contribution in [-0.4, -0.2) is 31.7 Å². The van der Waals surface area contributed by atoms with E-state index < -0.39 is 11.9 Å². The van der Waals surface area contributed by atoms with Gasteiger partial charge in [0.1, 0.15) is 5.75 Å². The zero-order valence-electron chi connectivity index (χ0n) is 39.2. The molecule has 0 aliphatic carbocycles. The van der Waals surface area contributed by atoms with E-state index in [2.05, 4.69) is 152 Å². The summed E-state index contributed by atoms with van der Waals surface area (Å²) >= 11 is 0. The number of aryl methyl sites for hydroxylation is 3. The molecule has 0 saturated carbocycles. The van der Waals surface area contributed by atoms with Gasteiger partial charge in [-0.3, -0.25) is 9.59 Å². The highest BCUT2D eigenvalue weighted by molar-refractivity contribution is 6.09. The Kier molecular flexibility index (Phi) is 11.4. The fraction of sp³-hybridized carbons (Fsp3) is 0.0794. The lowest BCUT2D eigenvalue weighted by molar-refractivity contribution is -0.135. The summed E-state index contributed by atoms with van der Waals surface area (Å²) in [6, 6.07) is 58.2. The number of benzene rings is 6. The maximum absolute atomic E-state index is 13.7. The molecule has 0 saturated heterocycles. The zero-order chi connectivity index (χ0) is 47.9. The first-order valence-electron chi connectivity index (χ1n) is 23.5. The summed E-state index contributed by atoms with van der Waals surface area (Å²) in [5.41, 5.74) is 20.1. The molecule has 0 unspecified atom stereocenters. The average molecular weight is 909 g/mol. The van der Waals surface area contributed by atoms with Gasteiger partial charge in [-0.25, -0.2) is 9.97 Å². The van der Waals surface area contributed by atoms with Crippen molar-refractivity contribution in [3.63, 3.8) is 0 Å². The van der Waals surface area contributed by atoms with Gasteiger partial charge in [0, 0.05) is 55.4 Å². The van der Waals surface area contributed by atoms with Gasteiger partial charge in [0.05, 0.1) is 28.7 Å². The minimum Gasteiger partial charge on any atom is -0.426 e. The number of H-pyrrole nitrogens is 2. The number of ketones is 1. The van der Waals surface area contributed by atoms with Gasteiger partial charge >= 0.3 is 5.97 Å². The Morgan fingerprint density at radius 1 is 0.429 bits per heavy atom. The molecule has 70 heavy (non-hydrogen) atoms. The van der Waals surface area contributed by atoms with E-state index >= 15 is 0 Å². The smallest absolute Gasteiger partial charge is 0.318 e. The van der Waals surface area contributed by atoms with Gasteiger partial charge in [-0.05, 0) is 122 Å². The lowest BCUT2D eigenvalue weighted by Gasteiger charge is -2.13. The van der Waals surface area contributed by atoms with Crippen LogP contribution in [0.3, 0.4) is 0 Å². The van der Waals surface area contributed by atoms with Crippen molar-refractivity contribution in [2.24, 2.45) is 0 Å². The highest BCUT2D eigenvalue weighted by Crippen LogP contribution is 2.39. The monoisotopic (exact) mass is 908 g/mol. The number of rotatable bonds is 9. The second-order valence-corrected chi connectivity index (χ2v) is 18.1. The molecule has 3 aromatic heterocycles. The van der Waals surface area contributed by atoms with Crippen molar-refractivity contribution in [2.45, 2.75) is 33.6 Å². The number of hydrogen-bond acceptors (Lipinski definition) is 5. The summed E-state index contributed by atoms with van der Waals surface area (Å²) in [6.07, 6.45) is 8.40. The van der Waals surface area contributed by atoms with Crippen LogP contribution in [-0.2, 0) is 4.79 Å². The van der Waals surface area contributed by atoms with Gasteiger partial charge in [0.2, 0.25) is 0 Å². The Morgan fingerprint density at radius 3 is 1.20 bits per heavy atom. The molecular weight excluding hydrogens is 861 g/mol. The SMILES string of the molecule is Cc1ccc(-c2c3nc(c(-c4ccc(C)cc4)c4ccc([nH]4)c(-c4ccc(OC(=O)[C@H](C)c5cccc(C(=O)c6ccccc6)c5)cc4)c4nc(c(-c5ccc(C)cc5)c5ccc2[nH]5)C=C4)C=C3)cc1. The summed E-state index contributed by atoms with van der Waals surface area (Å²) in [7, 11) is 0. The highest BCUT2D eigenvalue weighted by Gasteiger charge is 2.22. The number of fused-ring (bicyclic) bond motifs is 8.